The summed E-state index contributed by atoms with van der Waals surface area (Å²) >= 11 is 0. The Morgan fingerprint density at radius 1 is 1.19 bits per heavy atom. The summed E-state index contributed by atoms with van der Waals surface area (Å²) in [5.74, 6) is -0.531. The number of aliphatic imine (C=N–C) groups is 1. The highest BCUT2D eigenvalue weighted by Crippen LogP contribution is 1.94. The first kappa shape index (κ1) is 14.0. The summed E-state index contributed by atoms with van der Waals surface area (Å²) in [4.78, 5) is 25.2. The van der Waals surface area contributed by atoms with Crippen LogP contribution in [0.5, 0.6) is 0 Å². The van der Waals surface area contributed by atoms with Gasteiger partial charge >= 0.3 is 6.03 Å². The first-order chi connectivity index (χ1) is 7.43. The van der Waals surface area contributed by atoms with E-state index in [1.165, 1.54) is 0 Å². The maximum Gasteiger partial charge on any atom is 0.330 e. The third kappa shape index (κ3) is 7.38. The van der Waals surface area contributed by atoms with Crippen molar-refractivity contribution in [2.24, 2.45) is 27.9 Å². The Labute approximate surface area is 92.6 Å². The molecule has 0 rings (SSSR count). The van der Waals surface area contributed by atoms with Crippen LogP contribution in [-0.2, 0) is 4.79 Å². The minimum absolute atomic E-state index is 0.00609. The van der Waals surface area contributed by atoms with Gasteiger partial charge in [0.1, 0.15) is 0 Å². The number of amides is 3. The van der Waals surface area contributed by atoms with Crippen LogP contribution in [0.1, 0.15) is 12.8 Å². The highest BCUT2D eigenvalue weighted by molar-refractivity contribution is 5.84. The Hall–Kier alpha value is -2.03. The third-order valence-corrected chi connectivity index (χ3v) is 1.61. The number of hydrazine groups is 1. The van der Waals surface area contributed by atoms with Crippen molar-refractivity contribution in [2.45, 2.75) is 18.9 Å². The van der Waals surface area contributed by atoms with Crippen molar-refractivity contribution in [3.8, 4) is 0 Å². The van der Waals surface area contributed by atoms with Gasteiger partial charge in [-0.15, -0.1) is 0 Å². The minimum atomic E-state index is -0.860. The third-order valence-electron chi connectivity index (χ3n) is 1.61. The van der Waals surface area contributed by atoms with Crippen LogP contribution in [0.2, 0.25) is 0 Å². The summed E-state index contributed by atoms with van der Waals surface area (Å²) in [5.41, 5.74) is 24.4. The SMILES string of the molecule is NC(=O)NNC(=O)[C@@H](N)CCCN=C(N)N. The van der Waals surface area contributed by atoms with E-state index in [1.54, 1.807) is 0 Å². The molecule has 92 valence electrons. The molecule has 0 aliphatic rings. The van der Waals surface area contributed by atoms with Crippen LogP contribution in [0.4, 0.5) is 4.79 Å². The van der Waals surface area contributed by atoms with Crippen molar-refractivity contribution in [3.63, 3.8) is 0 Å². The van der Waals surface area contributed by atoms with Crippen LogP contribution < -0.4 is 33.8 Å². The number of nitrogens with one attached hydrogen (secondary N) is 2. The first-order valence-corrected chi connectivity index (χ1v) is 4.59. The van der Waals surface area contributed by atoms with Crippen molar-refractivity contribution in [3.05, 3.63) is 0 Å². The summed E-state index contributed by atoms with van der Waals surface area (Å²) in [5, 5.41) is 0. The van der Waals surface area contributed by atoms with E-state index in [-0.39, 0.29) is 5.96 Å². The highest BCUT2D eigenvalue weighted by Gasteiger charge is 2.12. The molecule has 0 unspecified atom stereocenters. The van der Waals surface area contributed by atoms with E-state index in [0.29, 0.717) is 19.4 Å². The zero-order valence-electron chi connectivity index (χ0n) is 8.77. The summed E-state index contributed by atoms with van der Waals surface area (Å²) in [7, 11) is 0. The molecule has 9 nitrogen and oxygen atoms in total. The van der Waals surface area contributed by atoms with Crippen LogP contribution in [-0.4, -0.2) is 30.5 Å². The lowest BCUT2D eigenvalue weighted by atomic mass is 10.1. The Kier molecular flexibility index (Phi) is 6.36. The van der Waals surface area contributed by atoms with Gasteiger partial charge in [0.25, 0.3) is 5.91 Å². The van der Waals surface area contributed by atoms with E-state index in [4.69, 9.17) is 22.9 Å². The van der Waals surface area contributed by atoms with Crippen LogP contribution in [0, 0.1) is 0 Å². The summed E-state index contributed by atoms with van der Waals surface area (Å²) in [6.07, 6.45) is 0.951. The fourth-order valence-corrected chi connectivity index (χ4v) is 0.866. The fraction of sp³-hybridized carbons (Fsp3) is 0.571. The molecule has 0 aliphatic heterocycles. The number of rotatable bonds is 5. The molecule has 0 aromatic carbocycles. The number of carbonyl (C=O) groups is 2. The van der Waals surface area contributed by atoms with E-state index < -0.39 is 18.0 Å². The van der Waals surface area contributed by atoms with Crippen molar-refractivity contribution in [1.29, 1.82) is 0 Å². The van der Waals surface area contributed by atoms with Crippen LogP contribution >= 0.6 is 0 Å². The fourth-order valence-electron chi connectivity index (χ4n) is 0.866. The topological polar surface area (TPSA) is 175 Å². The molecule has 10 N–H and O–H groups in total. The number of guanidine groups is 1. The Morgan fingerprint density at radius 2 is 1.81 bits per heavy atom. The highest BCUT2D eigenvalue weighted by atomic mass is 16.2. The number of nitrogens with zero attached hydrogens (tertiary/aromatic N) is 1. The van der Waals surface area contributed by atoms with Gasteiger partial charge in [-0.05, 0) is 12.8 Å². The molecule has 0 radical (unpaired) electrons. The van der Waals surface area contributed by atoms with E-state index in [1.807, 2.05) is 5.43 Å². The monoisotopic (exact) mass is 231 g/mol. The van der Waals surface area contributed by atoms with Gasteiger partial charge in [0, 0.05) is 6.54 Å². The summed E-state index contributed by atoms with van der Waals surface area (Å²) in [6.45, 7) is 0.395. The molecule has 0 saturated heterocycles. The molecule has 0 heterocycles. The second-order valence-corrected chi connectivity index (χ2v) is 3.03. The second-order valence-electron chi connectivity index (χ2n) is 3.03. The van der Waals surface area contributed by atoms with E-state index >= 15 is 0 Å². The van der Waals surface area contributed by atoms with E-state index in [0.717, 1.165) is 0 Å². The zero-order chi connectivity index (χ0) is 12.6. The number of hydrogen-bond donors (Lipinski definition) is 6. The molecule has 3 amide bonds. The van der Waals surface area contributed by atoms with Gasteiger partial charge in [-0.25, -0.2) is 10.2 Å². The number of primary amides is 1. The first-order valence-electron chi connectivity index (χ1n) is 4.59. The molecule has 0 fully saturated rings. The Balaban J connectivity index is 3.71. The standard InChI is InChI=1S/C7H17N7O2/c8-4(2-1-3-12-6(9)10)5(15)13-14-7(11)16/h4H,1-3,8H2,(H,13,15)(H4,9,10,12)(H3,11,14,16)/t4-/m0/s1. The second kappa shape index (κ2) is 7.29. The van der Waals surface area contributed by atoms with Gasteiger partial charge in [0.15, 0.2) is 5.96 Å². The number of nitrogens with two attached hydrogens (primary N) is 4. The lowest BCUT2D eigenvalue weighted by Gasteiger charge is -2.11. The maximum atomic E-state index is 11.2. The van der Waals surface area contributed by atoms with Crippen LogP contribution in [0.25, 0.3) is 0 Å². The quantitative estimate of drug-likeness (QED) is 0.128. The van der Waals surface area contributed by atoms with Crippen LogP contribution in [0.15, 0.2) is 4.99 Å². The Bertz CT molecular complexity index is 274. The van der Waals surface area contributed by atoms with Crippen LogP contribution in [0.3, 0.4) is 0 Å². The molecule has 9 heteroatoms. The predicted molar refractivity (Wildman–Crippen MR) is 58.7 cm³/mol. The average Bonchev–Trinajstić information content (AvgIpc) is 2.20. The molecule has 0 aromatic heterocycles. The molecule has 0 aromatic rings. The lowest BCUT2D eigenvalue weighted by Crippen LogP contribution is -2.50. The Morgan fingerprint density at radius 3 is 2.31 bits per heavy atom. The van der Waals surface area contributed by atoms with Gasteiger partial charge in [0.05, 0.1) is 6.04 Å². The zero-order valence-corrected chi connectivity index (χ0v) is 8.77. The molecule has 0 spiro atoms. The number of carbonyl (C=O) groups excluding carboxylic acids is 2. The molecular formula is C7H17N7O2. The van der Waals surface area contributed by atoms with Gasteiger partial charge in [0.2, 0.25) is 0 Å². The molecule has 0 bridgehead atoms. The van der Waals surface area contributed by atoms with E-state index in [9.17, 15) is 9.59 Å². The minimum Gasteiger partial charge on any atom is -0.370 e. The van der Waals surface area contributed by atoms with Crippen molar-refractivity contribution < 1.29 is 9.59 Å². The predicted octanol–water partition coefficient (Wildman–Crippen LogP) is -2.93. The van der Waals surface area contributed by atoms with Gasteiger partial charge in [-0.1, -0.05) is 0 Å². The van der Waals surface area contributed by atoms with E-state index in [2.05, 4.69) is 10.4 Å². The lowest BCUT2D eigenvalue weighted by molar-refractivity contribution is -0.123. The number of hydrogen-bond acceptors (Lipinski definition) is 4. The molecule has 16 heavy (non-hydrogen) atoms. The molecule has 0 saturated carbocycles. The van der Waals surface area contributed by atoms with Crippen molar-refractivity contribution in [1.82, 2.24) is 10.9 Å². The van der Waals surface area contributed by atoms with Crippen molar-refractivity contribution >= 4 is 17.9 Å². The largest absolute Gasteiger partial charge is 0.370 e. The summed E-state index contributed by atoms with van der Waals surface area (Å²) in [6, 6.07) is -1.61. The molecule has 1 atom stereocenters. The van der Waals surface area contributed by atoms with Crippen molar-refractivity contribution in [2.75, 3.05) is 6.54 Å². The normalized spacial score (nSPS) is 11.3. The van der Waals surface area contributed by atoms with Gasteiger partial charge in [-0.2, -0.15) is 0 Å². The van der Waals surface area contributed by atoms with Gasteiger partial charge < -0.3 is 22.9 Å². The summed E-state index contributed by atoms with van der Waals surface area (Å²) < 4.78 is 0. The average molecular weight is 231 g/mol. The van der Waals surface area contributed by atoms with Gasteiger partial charge in [-0.3, -0.25) is 15.2 Å². The smallest absolute Gasteiger partial charge is 0.330 e. The number of urea groups is 1. The molecule has 0 aliphatic carbocycles. The molecular weight excluding hydrogens is 214 g/mol. The maximum absolute atomic E-state index is 11.2.